The van der Waals surface area contributed by atoms with Gasteiger partial charge in [0.15, 0.2) is 28.2 Å². The molecule has 1 aromatic carbocycles. The van der Waals surface area contributed by atoms with Crippen LogP contribution in [0.4, 0.5) is 11.6 Å². The van der Waals surface area contributed by atoms with E-state index in [9.17, 15) is 9.90 Å². The Morgan fingerprint density at radius 1 is 1.18 bits per heavy atom. The van der Waals surface area contributed by atoms with E-state index in [1.54, 1.807) is 0 Å². The van der Waals surface area contributed by atoms with E-state index < -0.39 is 5.91 Å². The number of anilines is 2. The van der Waals surface area contributed by atoms with Gasteiger partial charge in [-0.3, -0.25) is 14.6 Å². The topological polar surface area (TPSA) is 137 Å². The van der Waals surface area contributed by atoms with Gasteiger partial charge >= 0.3 is 0 Å². The molecule has 0 spiro atoms. The van der Waals surface area contributed by atoms with Crippen molar-refractivity contribution in [2.45, 2.75) is 58.3 Å². The van der Waals surface area contributed by atoms with Crippen molar-refractivity contribution in [1.82, 2.24) is 30.2 Å². The van der Waals surface area contributed by atoms with Crippen LogP contribution in [0.5, 0.6) is 5.88 Å². The maximum absolute atomic E-state index is 12.6. The number of rotatable bonds is 8. The highest BCUT2D eigenvalue weighted by Gasteiger charge is 2.34. The molecule has 11 nitrogen and oxygen atoms in total. The van der Waals surface area contributed by atoms with Crippen LogP contribution in [0, 0.1) is 6.92 Å². The molecule has 1 amide bonds. The Labute approximate surface area is 239 Å². The van der Waals surface area contributed by atoms with Crippen molar-refractivity contribution >= 4 is 29.1 Å². The van der Waals surface area contributed by atoms with Crippen molar-refractivity contribution in [2.75, 3.05) is 43.4 Å². The fourth-order valence-electron chi connectivity index (χ4n) is 5.69. The van der Waals surface area contributed by atoms with Gasteiger partial charge in [0, 0.05) is 44.3 Å². The van der Waals surface area contributed by atoms with Crippen molar-refractivity contribution in [2.24, 2.45) is 0 Å². The van der Waals surface area contributed by atoms with Crippen LogP contribution >= 0.6 is 11.6 Å². The first-order valence-electron chi connectivity index (χ1n) is 13.8. The van der Waals surface area contributed by atoms with Crippen LogP contribution in [0.3, 0.4) is 0 Å². The number of aromatic hydroxyl groups is 1. The van der Waals surface area contributed by atoms with Crippen LogP contribution in [0.2, 0.25) is 5.15 Å². The number of likely N-dealkylation sites (tertiary alicyclic amines) is 1. The average molecular weight is 569 g/mol. The SMILES string of the molecule is CC[C@H]1CN(c2nc(N)c(C(=O)NCc3cc(O)no3)nc2Cl)CCN1C1CCN(Cc2ccc(C)cc2)CC1. The van der Waals surface area contributed by atoms with Gasteiger partial charge in [0.25, 0.3) is 11.8 Å². The Bertz CT molecular complexity index is 1310. The number of carbonyl (C=O) groups is 1. The minimum absolute atomic E-state index is 0.00810. The van der Waals surface area contributed by atoms with Crippen LogP contribution in [0.1, 0.15) is 53.6 Å². The minimum atomic E-state index is -0.542. The largest absolute Gasteiger partial charge is 0.491 e. The summed E-state index contributed by atoms with van der Waals surface area (Å²) in [6.07, 6.45) is 3.33. The van der Waals surface area contributed by atoms with Gasteiger partial charge in [0.2, 0.25) is 0 Å². The molecular formula is C28H37ClN8O3. The second-order valence-electron chi connectivity index (χ2n) is 10.6. The highest BCUT2D eigenvalue weighted by atomic mass is 35.5. The molecule has 2 saturated heterocycles. The Morgan fingerprint density at radius 2 is 1.93 bits per heavy atom. The number of piperidine rings is 1. The molecular weight excluding hydrogens is 532 g/mol. The molecule has 0 radical (unpaired) electrons. The normalized spacial score (nSPS) is 19.2. The van der Waals surface area contributed by atoms with E-state index >= 15 is 0 Å². The molecule has 3 aromatic rings. The highest BCUT2D eigenvalue weighted by molar-refractivity contribution is 6.32. The van der Waals surface area contributed by atoms with Crippen molar-refractivity contribution in [3.63, 3.8) is 0 Å². The maximum Gasteiger partial charge on any atom is 0.274 e. The summed E-state index contributed by atoms with van der Waals surface area (Å²) in [6.45, 7) is 10.0. The van der Waals surface area contributed by atoms with Crippen LogP contribution in [-0.4, -0.2) is 80.7 Å². The summed E-state index contributed by atoms with van der Waals surface area (Å²) >= 11 is 6.53. The van der Waals surface area contributed by atoms with E-state index in [2.05, 4.69) is 73.3 Å². The van der Waals surface area contributed by atoms with Gasteiger partial charge in [-0.1, -0.05) is 48.4 Å². The van der Waals surface area contributed by atoms with Gasteiger partial charge in [-0.05, 0) is 50.0 Å². The molecule has 1 atom stereocenters. The second kappa shape index (κ2) is 12.4. The number of nitrogens with zero attached hydrogens (tertiary/aromatic N) is 6. The summed E-state index contributed by atoms with van der Waals surface area (Å²) in [5.74, 6) is 0.000437. The molecule has 4 heterocycles. The molecule has 12 heteroatoms. The monoisotopic (exact) mass is 568 g/mol. The van der Waals surface area contributed by atoms with E-state index in [0.717, 1.165) is 58.5 Å². The number of nitrogens with two attached hydrogens (primary N) is 1. The van der Waals surface area contributed by atoms with E-state index in [1.807, 2.05) is 0 Å². The fourth-order valence-corrected chi connectivity index (χ4v) is 5.94. The lowest BCUT2D eigenvalue weighted by molar-refractivity contribution is 0.0610. The van der Waals surface area contributed by atoms with Crippen molar-refractivity contribution in [3.8, 4) is 5.88 Å². The Kier molecular flexibility index (Phi) is 8.72. The Hall–Kier alpha value is -3.41. The third-order valence-corrected chi connectivity index (χ3v) is 8.15. The van der Waals surface area contributed by atoms with Crippen LogP contribution in [-0.2, 0) is 13.1 Å². The number of aromatic nitrogens is 3. The zero-order valence-electron chi connectivity index (χ0n) is 23.0. The number of carbonyl (C=O) groups excluding carboxylic acids is 1. The zero-order valence-corrected chi connectivity index (χ0v) is 23.8. The number of nitrogens with one attached hydrogen (secondary N) is 1. The number of hydrogen-bond acceptors (Lipinski definition) is 10. The third-order valence-electron chi connectivity index (χ3n) is 7.90. The maximum atomic E-state index is 12.6. The first kappa shape index (κ1) is 28.1. The Balaban J connectivity index is 1.17. The number of piperazine rings is 1. The molecule has 40 heavy (non-hydrogen) atoms. The lowest BCUT2D eigenvalue weighted by Gasteiger charge is -2.47. The molecule has 2 aliphatic heterocycles. The summed E-state index contributed by atoms with van der Waals surface area (Å²) in [5, 5.41) is 15.4. The van der Waals surface area contributed by atoms with Gasteiger partial charge in [-0.2, -0.15) is 0 Å². The van der Waals surface area contributed by atoms with E-state index in [1.165, 1.54) is 17.2 Å². The van der Waals surface area contributed by atoms with Gasteiger partial charge in [-0.15, -0.1) is 0 Å². The second-order valence-corrected chi connectivity index (χ2v) is 11.0. The molecule has 0 aliphatic carbocycles. The van der Waals surface area contributed by atoms with E-state index in [-0.39, 0.29) is 29.1 Å². The van der Waals surface area contributed by atoms with Crippen LogP contribution < -0.4 is 16.0 Å². The summed E-state index contributed by atoms with van der Waals surface area (Å²) in [5.41, 5.74) is 8.76. The van der Waals surface area contributed by atoms with Crippen molar-refractivity contribution in [3.05, 3.63) is 58.1 Å². The van der Waals surface area contributed by atoms with Crippen LogP contribution in [0.15, 0.2) is 34.9 Å². The predicted octanol–water partition coefficient (Wildman–Crippen LogP) is 3.21. The minimum Gasteiger partial charge on any atom is -0.491 e. The molecule has 2 aromatic heterocycles. The summed E-state index contributed by atoms with van der Waals surface area (Å²) in [4.78, 5) is 28.8. The summed E-state index contributed by atoms with van der Waals surface area (Å²) in [7, 11) is 0. The van der Waals surface area contributed by atoms with Crippen molar-refractivity contribution < 1.29 is 14.4 Å². The molecule has 4 N–H and O–H groups in total. The predicted molar refractivity (Wildman–Crippen MR) is 153 cm³/mol. The van der Waals surface area contributed by atoms with E-state index in [4.69, 9.17) is 21.9 Å². The lowest BCUT2D eigenvalue weighted by atomic mass is 9.98. The molecule has 214 valence electrons. The molecule has 2 fully saturated rings. The number of halogens is 1. The Morgan fingerprint density at radius 3 is 2.60 bits per heavy atom. The highest BCUT2D eigenvalue weighted by Crippen LogP contribution is 2.30. The number of benzene rings is 1. The quantitative estimate of drug-likeness (QED) is 0.371. The smallest absolute Gasteiger partial charge is 0.274 e. The van der Waals surface area contributed by atoms with Gasteiger partial charge in [0.1, 0.15) is 0 Å². The van der Waals surface area contributed by atoms with Crippen LogP contribution in [0.25, 0.3) is 0 Å². The first-order chi connectivity index (χ1) is 19.3. The number of nitrogen functional groups attached to an aromatic ring is 1. The third kappa shape index (κ3) is 6.48. The van der Waals surface area contributed by atoms with Gasteiger partial charge < -0.3 is 25.6 Å². The van der Waals surface area contributed by atoms with Gasteiger partial charge in [-0.25, -0.2) is 9.97 Å². The average Bonchev–Trinajstić information content (AvgIpc) is 3.39. The standard InChI is InChI=1S/C28H37ClN8O3/c1-3-20-17-36(12-13-37(20)21-8-10-35(11-9-21)16-19-6-4-18(2)5-7-19)27-25(29)32-24(26(30)33-27)28(39)31-15-22-14-23(38)34-40-22/h4-7,14,20-21H,3,8-13,15-17H2,1-2H3,(H2,30,33)(H,31,39)(H,34,38)/t20-/m0/s1. The van der Waals surface area contributed by atoms with Crippen molar-refractivity contribution in [1.29, 1.82) is 0 Å². The summed E-state index contributed by atoms with van der Waals surface area (Å²) in [6, 6.07) is 11.1. The summed E-state index contributed by atoms with van der Waals surface area (Å²) < 4.78 is 4.89. The number of amides is 1. The molecule has 2 aliphatic rings. The molecule has 5 rings (SSSR count). The molecule has 0 saturated carbocycles. The molecule has 0 unspecified atom stereocenters. The molecule has 0 bridgehead atoms. The fraction of sp³-hybridized carbons (Fsp3) is 0.500. The zero-order chi connectivity index (χ0) is 28.2. The lowest BCUT2D eigenvalue weighted by Crippen LogP contribution is -2.58. The number of hydrogen-bond donors (Lipinski definition) is 3. The first-order valence-corrected chi connectivity index (χ1v) is 14.2. The number of aryl methyl sites for hydroxylation is 1. The van der Waals surface area contributed by atoms with E-state index in [0.29, 0.717) is 23.7 Å². The van der Waals surface area contributed by atoms with Gasteiger partial charge in [0.05, 0.1) is 6.54 Å².